The highest BCUT2D eigenvalue weighted by atomic mass is 32.1. The van der Waals surface area contributed by atoms with Crippen molar-refractivity contribution in [3.8, 4) is 0 Å². The van der Waals surface area contributed by atoms with Crippen LogP contribution in [-0.4, -0.2) is 16.0 Å². The molecule has 3 rings (SSSR count). The molecule has 2 heterocycles. The van der Waals surface area contributed by atoms with Gasteiger partial charge in [-0.2, -0.15) is 4.98 Å². The van der Waals surface area contributed by atoms with Crippen LogP contribution in [0.15, 0.2) is 6.07 Å². The summed E-state index contributed by atoms with van der Waals surface area (Å²) >= 11 is 1.71. The van der Waals surface area contributed by atoms with Crippen molar-refractivity contribution in [2.45, 2.75) is 46.1 Å². The molecule has 1 saturated carbocycles. The zero-order valence-electron chi connectivity index (χ0n) is 12.8. The molecule has 2 aromatic rings. The molecule has 0 saturated heterocycles. The maximum Gasteiger partial charge on any atom is 0.240 e. The predicted molar refractivity (Wildman–Crippen MR) is 89.6 cm³/mol. The van der Waals surface area contributed by atoms with Crippen molar-refractivity contribution < 1.29 is 0 Å². The van der Waals surface area contributed by atoms with Crippen LogP contribution in [0, 0.1) is 11.8 Å². The molecule has 0 amide bonds. The lowest BCUT2D eigenvalue weighted by Crippen LogP contribution is -2.25. The molecule has 21 heavy (non-hydrogen) atoms. The Hall–Kier alpha value is -1.40. The lowest BCUT2D eigenvalue weighted by Gasteiger charge is -2.20. The molecule has 1 fully saturated rings. The molecule has 0 aromatic carbocycles. The Balaban J connectivity index is 1.97. The van der Waals surface area contributed by atoms with E-state index in [9.17, 15) is 0 Å². The summed E-state index contributed by atoms with van der Waals surface area (Å²) in [6.07, 6.45) is 3.49. The van der Waals surface area contributed by atoms with Crippen LogP contribution in [0.4, 0.5) is 11.8 Å². The smallest absolute Gasteiger partial charge is 0.240 e. The Morgan fingerprint density at radius 2 is 2.14 bits per heavy atom. The molecule has 5 nitrogen and oxygen atoms in total. The van der Waals surface area contributed by atoms with Gasteiger partial charge in [0.1, 0.15) is 10.6 Å². The number of anilines is 2. The summed E-state index contributed by atoms with van der Waals surface area (Å²) < 4.78 is 0. The number of nitrogens with two attached hydrogens (primary N) is 1. The van der Waals surface area contributed by atoms with Crippen LogP contribution in [0.25, 0.3) is 10.2 Å². The van der Waals surface area contributed by atoms with Crippen LogP contribution in [0.2, 0.25) is 0 Å². The highest BCUT2D eigenvalue weighted by Crippen LogP contribution is 2.36. The summed E-state index contributed by atoms with van der Waals surface area (Å²) in [5, 5.41) is 4.75. The van der Waals surface area contributed by atoms with Gasteiger partial charge in [-0.25, -0.2) is 10.8 Å². The summed E-state index contributed by atoms with van der Waals surface area (Å²) in [5.41, 5.74) is 2.58. The van der Waals surface area contributed by atoms with Crippen LogP contribution in [0.5, 0.6) is 0 Å². The van der Waals surface area contributed by atoms with Crippen LogP contribution in [0.3, 0.4) is 0 Å². The number of aryl methyl sites for hydroxylation is 1. The third-order valence-corrected chi connectivity index (χ3v) is 5.88. The topological polar surface area (TPSA) is 75.9 Å². The fourth-order valence-electron chi connectivity index (χ4n) is 3.06. The lowest BCUT2D eigenvalue weighted by atomic mass is 9.98. The molecule has 3 unspecified atom stereocenters. The molecule has 3 atom stereocenters. The van der Waals surface area contributed by atoms with Gasteiger partial charge in [-0.1, -0.05) is 20.8 Å². The molecule has 0 radical (unpaired) electrons. The van der Waals surface area contributed by atoms with Gasteiger partial charge in [0, 0.05) is 10.9 Å². The minimum absolute atomic E-state index is 0.480. The summed E-state index contributed by atoms with van der Waals surface area (Å²) in [6, 6.07) is 2.68. The van der Waals surface area contributed by atoms with Gasteiger partial charge in [0.05, 0.1) is 5.39 Å². The summed E-state index contributed by atoms with van der Waals surface area (Å²) in [7, 11) is 0. The molecule has 2 aromatic heterocycles. The van der Waals surface area contributed by atoms with Gasteiger partial charge in [-0.15, -0.1) is 11.3 Å². The largest absolute Gasteiger partial charge is 0.366 e. The Bertz CT molecular complexity index is 638. The molecule has 1 aliphatic carbocycles. The molecule has 1 aliphatic rings. The summed E-state index contributed by atoms with van der Waals surface area (Å²) in [6.45, 7) is 6.81. The summed E-state index contributed by atoms with van der Waals surface area (Å²) in [4.78, 5) is 11.3. The fraction of sp³-hybridized carbons (Fsp3) is 0.600. The van der Waals surface area contributed by atoms with Gasteiger partial charge in [0.25, 0.3) is 0 Å². The monoisotopic (exact) mass is 305 g/mol. The number of hydrazine groups is 1. The van der Waals surface area contributed by atoms with Crippen molar-refractivity contribution in [2.75, 3.05) is 10.7 Å². The van der Waals surface area contributed by atoms with Gasteiger partial charge >= 0.3 is 0 Å². The van der Waals surface area contributed by atoms with E-state index < -0.39 is 0 Å². The minimum Gasteiger partial charge on any atom is -0.366 e. The van der Waals surface area contributed by atoms with Gasteiger partial charge < -0.3 is 5.32 Å². The number of thiophene rings is 1. The van der Waals surface area contributed by atoms with Crippen molar-refractivity contribution in [3.05, 3.63) is 10.9 Å². The number of nitrogen functional groups attached to an aromatic ring is 1. The first-order valence-electron chi connectivity index (χ1n) is 7.66. The van der Waals surface area contributed by atoms with Gasteiger partial charge in [-0.3, -0.25) is 5.43 Å². The van der Waals surface area contributed by atoms with Crippen LogP contribution in [-0.2, 0) is 6.42 Å². The van der Waals surface area contributed by atoms with E-state index in [-0.39, 0.29) is 0 Å². The van der Waals surface area contributed by atoms with Crippen molar-refractivity contribution in [2.24, 2.45) is 17.7 Å². The SMILES string of the molecule is CCc1cc2c(NC3CCC(C)C3C)nc(NN)nc2s1. The summed E-state index contributed by atoms with van der Waals surface area (Å²) in [5.74, 6) is 8.33. The third kappa shape index (κ3) is 2.70. The second kappa shape index (κ2) is 5.77. The maximum atomic E-state index is 5.51. The Kier molecular flexibility index (Phi) is 3.99. The Morgan fingerprint density at radius 1 is 1.33 bits per heavy atom. The molecule has 6 heteroatoms. The van der Waals surface area contributed by atoms with E-state index in [1.807, 2.05) is 0 Å². The van der Waals surface area contributed by atoms with Crippen LogP contribution < -0.4 is 16.6 Å². The van der Waals surface area contributed by atoms with Gasteiger partial charge in [0.15, 0.2) is 0 Å². The number of rotatable bonds is 4. The molecule has 114 valence electrons. The first kappa shape index (κ1) is 14.5. The van der Waals surface area contributed by atoms with E-state index in [0.29, 0.717) is 17.9 Å². The molecular weight excluding hydrogens is 282 g/mol. The molecule has 4 N–H and O–H groups in total. The first-order valence-corrected chi connectivity index (χ1v) is 8.47. The number of aromatic nitrogens is 2. The van der Waals surface area contributed by atoms with Crippen LogP contribution >= 0.6 is 11.3 Å². The van der Waals surface area contributed by atoms with E-state index in [2.05, 4.69) is 47.5 Å². The number of nitrogens with one attached hydrogen (secondary N) is 2. The Morgan fingerprint density at radius 3 is 2.76 bits per heavy atom. The van der Waals surface area contributed by atoms with Gasteiger partial charge in [0.2, 0.25) is 5.95 Å². The first-order chi connectivity index (χ1) is 10.1. The van der Waals surface area contributed by atoms with Crippen LogP contribution in [0.1, 0.15) is 38.5 Å². The highest BCUT2D eigenvalue weighted by molar-refractivity contribution is 7.18. The maximum absolute atomic E-state index is 5.51. The molecule has 0 bridgehead atoms. The number of hydrogen-bond acceptors (Lipinski definition) is 6. The predicted octanol–water partition coefficient (Wildman–Crippen LogP) is 3.39. The third-order valence-electron chi connectivity index (χ3n) is 4.71. The van der Waals surface area contributed by atoms with E-state index in [1.54, 1.807) is 11.3 Å². The van der Waals surface area contributed by atoms with E-state index in [4.69, 9.17) is 5.84 Å². The van der Waals surface area contributed by atoms with Crippen molar-refractivity contribution in [3.63, 3.8) is 0 Å². The minimum atomic E-state index is 0.480. The normalized spacial score (nSPS) is 25.4. The van der Waals surface area contributed by atoms with E-state index in [1.165, 1.54) is 17.7 Å². The average molecular weight is 305 g/mol. The quantitative estimate of drug-likeness (QED) is 0.596. The van der Waals surface area contributed by atoms with Crippen molar-refractivity contribution >= 4 is 33.3 Å². The molecule has 0 spiro atoms. The van der Waals surface area contributed by atoms with Gasteiger partial charge in [-0.05, 0) is 37.2 Å². The average Bonchev–Trinajstić information content (AvgIpc) is 3.05. The standard InChI is InChI=1S/C15H23N5S/c1-4-10-7-11-13(17-12-6-5-8(2)9(12)3)18-15(20-16)19-14(11)21-10/h7-9,12H,4-6,16H2,1-3H3,(H2,17,18,19,20). The second-order valence-electron chi connectivity index (χ2n) is 5.99. The number of hydrogen-bond donors (Lipinski definition) is 3. The Labute approximate surface area is 129 Å². The highest BCUT2D eigenvalue weighted by Gasteiger charge is 2.30. The van der Waals surface area contributed by atoms with Crippen molar-refractivity contribution in [1.29, 1.82) is 0 Å². The second-order valence-corrected chi connectivity index (χ2v) is 7.11. The number of nitrogens with zero attached hydrogens (tertiary/aromatic N) is 2. The van der Waals surface area contributed by atoms with E-state index in [0.717, 1.165) is 28.4 Å². The number of fused-ring (bicyclic) bond motifs is 1. The van der Waals surface area contributed by atoms with E-state index >= 15 is 0 Å². The molecule has 0 aliphatic heterocycles. The molecular formula is C15H23N5S. The fourth-order valence-corrected chi connectivity index (χ4v) is 4.03. The zero-order valence-corrected chi connectivity index (χ0v) is 13.6. The van der Waals surface area contributed by atoms with Crippen molar-refractivity contribution in [1.82, 2.24) is 9.97 Å². The zero-order chi connectivity index (χ0) is 15.0. The lowest BCUT2D eigenvalue weighted by molar-refractivity contribution is 0.435.